The lowest BCUT2D eigenvalue weighted by Crippen LogP contribution is -2.00. The molecule has 0 aliphatic carbocycles. The van der Waals surface area contributed by atoms with Crippen LogP contribution in [0, 0.1) is 0 Å². The van der Waals surface area contributed by atoms with Crippen molar-refractivity contribution in [3.8, 4) is 0 Å². The summed E-state index contributed by atoms with van der Waals surface area (Å²) in [5.41, 5.74) is 1.87. The third-order valence-electron chi connectivity index (χ3n) is 2.51. The molecule has 3 heteroatoms. The maximum atomic E-state index is 11.5. The fourth-order valence-electron chi connectivity index (χ4n) is 1.51. The summed E-state index contributed by atoms with van der Waals surface area (Å²) in [7, 11) is 0. The van der Waals surface area contributed by atoms with Crippen LogP contribution in [0.1, 0.15) is 11.1 Å². The van der Waals surface area contributed by atoms with Crippen molar-refractivity contribution in [3.63, 3.8) is 0 Å². The first-order valence-corrected chi connectivity index (χ1v) is 6.26. The molecule has 0 N–H and O–H groups in total. The van der Waals surface area contributed by atoms with E-state index < -0.39 is 0 Å². The van der Waals surface area contributed by atoms with Gasteiger partial charge >= 0.3 is 5.97 Å². The van der Waals surface area contributed by atoms with Crippen LogP contribution in [0.3, 0.4) is 0 Å². The molecule has 0 fully saturated rings. The van der Waals surface area contributed by atoms with E-state index >= 15 is 0 Å². The summed E-state index contributed by atoms with van der Waals surface area (Å²) in [6.07, 6.45) is 3.15. The van der Waals surface area contributed by atoms with E-state index in [0.717, 1.165) is 11.1 Å². The summed E-state index contributed by atoms with van der Waals surface area (Å²) >= 11 is 5.77. The number of hydrogen-bond acceptors (Lipinski definition) is 2. The summed E-state index contributed by atoms with van der Waals surface area (Å²) in [4.78, 5) is 11.5. The Kier molecular flexibility index (Phi) is 4.76. The Morgan fingerprint density at radius 1 is 1.05 bits per heavy atom. The molecule has 0 aliphatic heterocycles. The molecular weight excluding hydrogens is 260 g/mol. The van der Waals surface area contributed by atoms with E-state index in [4.69, 9.17) is 16.3 Å². The second-order valence-electron chi connectivity index (χ2n) is 3.98. The highest BCUT2D eigenvalue weighted by Gasteiger charge is 1.98. The van der Waals surface area contributed by atoms with Crippen molar-refractivity contribution in [1.29, 1.82) is 0 Å². The van der Waals surface area contributed by atoms with E-state index in [9.17, 15) is 4.79 Å². The molecule has 0 unspecified atom stereocenters. The molecule has 0 spiro atoms. The van der Waals surface area contributed by atoms with E-state index in [2.05, 4.69) is 0 Å². The minimum atomic E-state index is -0.362. The lowest BCUT2D eigenvalue weighted by Gasteiger charge is -2.02. The standard InChI is InChI=1S/C16H13ClO2/c17-15-9-6-14(7-10-15)12-19-16(18)11-8-13-4-2-1-3-5-13/h1-11H,12H2/b11-8+. The van der Waals surface area contributed by atoms with E-state index in [-0.39, 0.29) is 12.6 Å². The number of benzene rings is 2. The highest BCUT2D eigenvalue weighted by molar-refractivity contribution is 6.30. The summed E-state index contributed by atoms with van der Waals surface area (Å²) in [6.45, 7) is 0.245. The SMILES string of the molecule is O=C(/C=C/c1ccccc1)OCc1ccc(Cl)cc1. The Hall–Kier alpha value is -2.06. The Labute approximate surface area is 117 Å². The van der Waals surface area contributed by atoms with Crippen molar-refractivity contribution < 1.29 is 9.53 Å². The number of rotatable bonds is 4. The smallest absolute Gasteiger partial charge is 0.331 e. The molecule has 0 saturated heterocycles. The van der Waals surface area contributed by atoms with Gasteiger partial charge in [-0.05, 0) is 29.3 Å². The first-order chi connectivity index (χ1) is 9.24. The molecular formula is C16H13ClO2. The first-order valence-electron chi connectivity index (χ1n) is 5.88. The highest BCUT2D eigenvalue weighted by Crippen LogP contribution is 2.10. The monoisotopic (exact) mass is 272 g/mol. The van der Waals surface area contributed by atoms with Gasteiger partial charge in [0.2, 0.25) is 0 Å². The number of carbonyl (C=O) groups excluding carboxylic acids is 1. The lowest BCUT2D eigenvalue weighted by molar-refractivity contribution is -0.138. The van der Waals surface area contributed by atoms with Crippen LogP contribution < -0.4 is 0 Å². The van der Waals surface area contributed by atoms with Crippen LogP contribution in [0.15, 0.2) is 60.7 Å². The summed E-state index contributed by atoms with van der Waals surface area (Å²) in [6, 6.07) is 16.8. The van der Waals surface area contributed by atoms with E-state index in [1.807, 2.05) is 42.5 Å². The molecule has 2 aromatic rings. The molecule has 0 bridgehead atoms. The zero-order valence-corrected chi connectivity index (χ0v) is 11.0. The van der Waals surface area contributed by atoms with Crippen LogP contribution in [0.2, 0.25) is 5.02 Å². The van der Waals surface area contributed by atoms with Crippen LogP contribution in [-0.2, 0) is 16.1 Å². The summed E-state index contributed by atoms with van der Waals surface area (Å²) in [5, 5.41) is 0.666. The van der Waals surface area contributed by atoms with E-state index in [0.29, 0.717) is 5.02 Å². The number of carbonyl (C=O) groups is 1. The van der Waals surface area contributed by atoms with Crippen molar-refractivity contribution in [1.82, 2.24) is 0 Å². The van der Waals surface area contributed by atoms with Crippen molar-refractivity contribution in [2.75, 3.05) is 0 Å². The van der Waals surface area contributed by atoms with Gasteiger partial charge in [-0.25, -0.2) is 4.79 Å². The van der Waals surface area contributed by atoms with Gasteiger partial charge in [-0.1, -0.05) is 54.1 Å². The number of esters is 1. The molecule has 0 amide bonds. The van der Waals surface area contributed by atoms with Crippen molar-refractivity contribution in [2.45, 2.75) is 6.61 Å². The Morgan fingerprint density at radius 2 is 1.74 bits per heavy atom. The predicted octanol–water partition coefficient (Wildman–Crippen LogP) is 4.10. The average molecular weight is 273 g/mol. The topological polar surface area (TPSA) is 26.3 Å². The van der Waals surface area contributed by atoms with Gasteiger partial charge in [-0.15, -0.1) is 0 Å². The number of ether oxygens (including phenoxy) is 1. The van der Waals surface area contributed by atoms with Crippen LogP contribution in [0.25, 0.3) is 6.08 Å². The van der Waals surface area contributed by atoms with Gasteiger partial charge in [0.15, 0.2) is 0 Å². The molecule has 0 saturated carbocycles. The fourth-order valence-corrected chi connectivity index (χ4v) is 1.64. The normalized spacial score (nSPS) is 10.6. The molecule has 0 heterocycles. The van der Waals surface area contributed by atoms with Crippen molar-refractivity contribution in [2.24, 2.45) is 0 Å². The summed E-state index contributed by atoms with van der Waals surface area (Å²) in [5.74, 6) is -0.362. The van der Waals surface area contributed by atoms with Gasteiger partial charge in [0, 0.05) is 11.1 Å². The molecule has 96 valence electrons. The highest BCUT2D eigenvalue weighted by atomic mass is 35.5. The maximum absolute atomic E-state index is 11.5. The van der Waals surface area contributed by atoms with Crippen molar-refractivity contribution in [3.05, 3.63) is 76.8 Å². The van der Waals surface area contributed by atoms with Gasteiger partial charge in [0.05, 0.1) is 0 Å². The molecule has 2 rings (SSSR count). The largest absolute Gasteiger partial charge is 0.458 e. The van der Waals surface area contributed by atoms with Gasteiger partial charge in [-0.2, -0.15) is 0 Å². The van der Waals surface area contributed by atoms with Crippen molar-refractivity contribution >= 4 is 23.6 Å². The third kappa shape index (κ3) is 4.60. The van der Waals surface area contributed by atoms with Gasteiger partial charge < -0.3 is 4.74 Å². The van der Waals surface area contributed by atoms with E-state index in [1.54, 1.807) is 18.2 Å². The molecule has 2 aromatic carbocycles. The number of hydrogen-bond donors (Lipinski definition) is 0. The van der Waals surface area contributed by atoms with Gasteiger partial charge in [-0.3, -0.25) is 0 Å². The van der Waals surface area contributed by atoms with Crippen LogP contribution in [0.5, 0.6) is 0 Å². The Balaban J connectivity index is 1.85. The van der Waals surface area contributed by atoms with Crippen LogP contribution >= 0.6 is 11.6 Å². The third-order valence-corrected chi connectivity index (χ3v) is 2.76. The molecule has 19 heavy (non-hydrogen) atoms. The molecule has 0 aliphatic rings. The predicted molar refractivity (Wildman–Crippen MR) is 76.7 cm³/mol. The summed E-state index contributed by atoms with van der Waals surface area (Å²) < 4.78 is 5.12. The second kappa shape index (κ2) is 6.76. The Morgan fingerprint density at radius 3 is 2.42 bits per heavy atom. The lowest BCUT2D eigenvalue weighted by atomic mass is 10.2. The average Bonchev–Trinajstić information content (AvgIpc) is 2.45. The number of halogens is 1. The van der Waals surface area contributed by atoms with Crippen LogP contribution in [0.4, 0.5) is 0 Å². The maximum Gasteiger partial charge on any atom is 0.331 e. The molecule has 0 atom stereocenters. The molecule has 2 nitrogen and oxygen atoms in total. The second-order valence-corrected chi connectivity index (χ2v) is 4.41. The minimum Gasteiger partial charge on any atom is -0.458 e. The zero-order valence-electron chi connectivity index (χ0n) is 10.3. The minimum absolute atomic E-state index is 0.245. The first kappa shape index (κ1) is 13.4. The van der Waals surface area contributed by atoms with Crippen LogP contribution in [-0.4, -0.2) is 5.97 Å². The van der Waals surface area contributed by atoms with E-state index in [1.165, 1.54) is 6.08 Å². The molecule has 0 aromatic heterocycles. The quantitative estimate of drug-likeness (QED) is 0.619. The zero-order chi connectivity index (χ0) is 13.5. The van der Waals surface area contributed by atoms with Gasteiger partial charge in [0.25, 0.3) is 0 Å². The molecule has 0 radical (unpaired) electrons. The Bertz CT molecular complexity index is 559. The van der Waals surface area contributed by atoms with Gasteiger partial charge in [0.1, 0.15) is 6.61 Å². The fraction of sp³-hybridized carbons (Fsp3) is 0.0625.